The third-order valence-electron chi connectivity index (χ3n) is 3.21. The predicted octanol–water partition coefficient (Wildman–Crippen LogP) is 1.05. The Balaban J connectivity index is 1.91. The largest absolute Gasteiger partial charge is 0.391 e. The van der Waals surface area contributed by atoms with Crippen LogP contribution < -0.4 is 0 Å². The summed E-state index contributed by atoms with van der Waals surface area (Å²) in [5.41, 5.74) is 0.842. The number of nitrogens with zero attached hydrogens (tertiary/aromatic N) is 2. The van der Waals surface area contributed by atoms with Crippen LogP contribution in [-0.2, 0) is 13.0 Å². The van der Waals surface area contributed by atoms with Gasteiger partial charge in [-0.25, -0.2) is 0 Å². The number of aliphatic hydroxyl groups is 1. The molecule has 1 fully saturated rings. The molecule has 84 valence electrons. The summed E-state index contributed by atoms with van der Waals surface area (Å²) in [5, 5.41) is 12.8. The molecule has 0 spiro atoms. The summed E-state index contributed by atoms with van der Waals surface area (Å²) >= 11 is 0. The Morgan fingerprint density at radius 1 is 1.53 bits per heavy atom. The van der Waals surface area contributed by atoms with Gasteiger partial charge in [-0.2, -0.15) is 0 Å². The minimum absolute atomic E-state index is 0.0332. The number of aromatic nitrogens is 1. The lowest BCUT2D eigenvalue weighted by molar-refractivity contribution is 0.208. The Bertz CT molecular complexity index is 303. The molecule has 1 N–H and O–H groups in total. The van der Waals surface area contributed by atoms with E-state index in [1.807, 2.05) is 0 Å². The van der Waals surface area contributed by atoms with E-state index in [4.69, 9.17) is 9.63 Å². The molecule has 0 aliphatic carbocycles. The molecular weight excluding hydrogens is 192 g/mol. The molecule has 0 amide bonds. The number of rotatable bonds is 3. The van der Waals surface area contributed by atoms with Crippen molar-refractivity contribution in [2.75, 3.05) is 20.1 Å². The third kappa shape index (κ3) is 2.58. The highest BCUT2D eigenvalue weighted by Gasteiger charge is 2.19. The highest BCUT2D eigenvalue weighted by molar-refractivity contribution is 5.12. The molecule has 4 heteroatoms. The first-order valence-electron chi connectivity index (χ1n) is 5.51. The van der Waals surface area contributed by atoms with Crippen LogP contribution in [0.3, 0.4) is 0 Å². The molecule has 0 saturated carbocycles. The summed E-state index contributed by atoms with van der Waals surface area (Å²) in [7, 11) is 2.16. The lowest BCUT2D eigenvalue weighted by Gasteiger charge is -2.28. The van der Waals surface area contributed by atoms with E-state index in [2.05, 4.69) is 17.1 Å². The highest BCUT2D eigenvalue weighted by atomic mass is 16.5. The second kappa shape index (κ2) is 4.77. The third-order valence-corrected chi connectivity index (χ3v) is 3.21. The first kappa shape index (κ1) is 10.6. The maximum absolute atomic E-state index is 9.07. The zero-order chi connectivity index (χ0) is 10.7. The molecule has 0 radical (unpaired) electrons. The highest BCUT2D eigenvalue weighted by Crippen LogP contribution is 2.22. The van der Waals surface area contributed by atoms with Crippen LogP contribution in [0.2, 0.25) is 0 Å². The topological polar surface area (TPSA) is 49.5 Å². The van der Waals surface area contributed by atoms with E-state index in [0.29, 0.717) is 5.92 Å². The quantitative estimate of drug-likeness (QED) is 0.810. The van der Waals surface area contributed by atoms with Gasteiger partial charge in [-0.15, -0.1) is 0 Å². The van der Waals surface area contributed by atoms with Gasteiger partial charge in [-0.1, -0.05) is 5.16 Å². The SMILES string of the molecule is CN1CCC(Cc2oncc2CO)CC1. The van der Waals surface area contributed by atoms with Crippen LogP contribution in [-0.4, -0.2) is 35.3 Å². The van der Waals surface area contributed by atoms with Gasteiger partial charge in [0.05, 0.1) is 12.8 Å². The van der Waals surface area contributed by atoms with Crippen LogP contribution in [0.15, 0.2) is 10.7 Å². The van der Waals surface area contributed by atoms with E-state index in [0.717, 1.165) is 30.8 Å². The van der Waals surface area contributed by atoms with E-state index >= 15 is 0 Å². The molecule has 2 heterocycles. The molecule has 1 aliphatic rings. The van der Waals surface area contributed by atoms with Crippen LogP contribution in [0.5, 0.6) is 0 Å². The molecule has 0 atom stereocenters. The van der Waals surface area contributed by atoms with Gasteiger partial charge in [0.25, 0.3) is 0 Å². The van der Waals surface area contributed by atoms with Crippen molar-refractivity contribution in [1.29, 1.82) is 0 Å². The molecule has 1 aliphatic heterocycles. The Hall–Kier alpha value is -0.870. The Morgan fingerprint density at radius 2 is 2.27 bits per heavy atom. The first-order chi connectivity index (χ1) is 7.29. The summed E-state index contributed by atoms with van der Waals surface area (Å²) < 4.78 is 5.16. The van der Waals surface area contributed by atoms with Crippen LogP contribution in [0.1, 0.15) is 24.2 Å². The predicted molar refractivity (Wildman–Crippen MR) is 56.4 cm³/mol. The van der Waals surface area contributed by atoms with Crippen molar-refractivity contribution in [3.8, 4) is 0 Å². The fourth-order valence-electron chi connectivity index (χ4n) is 2.11. The molecule has 4 nitrogen and oxygen atoms in total. The second-order valence-electron chi connectivity index (χ2n) is 4.38. The van der Waals surface area contributed by atoms with E-state index in [1.165, 1.54) is 12.8 Å². The molecule has 1 aromatic rings. The standard InChI is InChI=1S/C11H18N2O2/c1-13-4-2-9(3-5-13)6-11-10(8-14)7-12-15-11/h7,9,14H,2-6,8H2,1H3. The van der Waals surface area contributed by atoms with E-state index in [-0.39, 0.29) is 6.61 Å². The molecule has 1 saturated heterocycles. The zero-order valence-corrected chi connectivity index (χ0v) is 9.15. The van der Waals surface area contributed by atoms with Crippen molar-refractivity contribution in [2.24, 2.45) is 5.92 Å². The summed E-state index contributed by atoms with van der Waals surface area (Å²) in [5.74, 6) is 1.55. The molecular formula is C11H18N2O2. The number of piperidine rings is 1. The maximum atomic E-state index is 9.07. The summed E-state index contributed by atoms with van der Waals surface area (Å²) in [6, 6.07) is 0. The number of hydrogen-bond acceptors (Lipinski definition) is 4. The molecule has 0 aromatic carbocycles. The van der Waals surface area contributed by atoms with Gasteiger partial charge in [0.2, 0.25) is 0 Å². The van der Waals surface area contributed by atoms with Gasteiger partial charge in [-0.3, -0.25) is 0 Å². The molecule has 15 heavy (non-hydrogen) atoms. The number of aliphatic hydroxyl groups excluding tert-OH is 1. The van der Waals surface area contributed by atoms with Gasteiger partial charge in [-0.05, 0) is 38.9 Å². The van der Waals surface area contributed by atoms with E-state index < -0.39 is 0 Å². The molecule has 0 bridgehead atoms. The van der Waals surface area contributed by atoms with Crippen LogP contribution in [0, 0.1) is 5.92 Å². The number of hydrogen-bond donors (Lipinski definition) is 1. The van der Waals surface area contributed by atoms with Crippen LogP contribution >= 0.6 is 0 Å². The number of likely N-dealkylation sites (tertiary alicyclic amines) is 1. The summed E-state index contributed by atoms with van der Waals surface area (Å²) in [6.07, 6.45) is 4.96. The minimum atomic E-state index is 0.0332. The second-order valence-corrected chi connectivity index (χ2v) is 4.38. The van der Waals surface area contributed by atoms with Gasteiger partial charge >= 0.3 is 0 Å². The molecule has 1 aromatic heterocycles. The summed E-state index contributed by atoms with van der Waals surface area (Å²) in [4.78, 5) is 2.35. The van der Waals surface area contributed by atoms with Crippen molar-refractivity contribution < 1.29 is 9.63 Å². The van der Waals surface area contributed by atoms with Gasteiger partial charge in [0.15, 0.2) is 0 Å². The average molecular weight is 210 g/mol. The molecule has 2 rings (SSSR count). The van der Waals surface area contributed by atoms with Gasteiger partial charge < -0.3 is 14.5 Å². The van der Waals surface area contributed by atoms with Gasteiger partial charge in [0, 0.05) is 12.0 Å². The van der Waals surface area contributed by atoms with Crippen LogP contribution in [0.4, 0.5) is 0 Å². The maximum Gasteiger partial charge on any atom is 0.142 e. The minimum Gasteiger partial charge on any atom is -0.391 e. The smallest absolute Gasteiger partial charge is 0.142 e. The lowest BCUT2D eigenvalue weighted by Crippen LogP contribution is -2.31. The van der Waals surface area contributed by atoms with Gasteiger partial charge in [0.1, 0.15) is 5.76 Å². The van der Waals surface area contributed by atoms with E-state index in [9.17, 15) is 0 Å². The normalized spacial score (nSPS) is 19.6. The Labute approximate surface area is 89.9 Å². The molecule has 0 unspecified atom stereocenters. The fourth-order valence-corrected chi connectivity index (χ4v) is 2.11. The van der Waals surface area contributed by atoms with Crippen molar-refractivity contribution in [3.05, 3.63) is 17.5 Å². The average Bonchev–Trinajstić information content (AvgIpc) is 2.69. The fraction of sp³-hybridized carbons (Fsp3) is 0.727. The van der Waals surface area contributed by atoms with Crippen LogP contribution in [0.25, 0.3) is 0 Å². The van der Waals surface area contributed by atoms with Crippen molar-refractivity contribution in [2.45, 2.75) is 25.9 Å². The van der Waals surface area contributed by atoms with Crippen molar-refractivity contribution in [1.82, 2.24) is 10.1 Å². The zero-order valence-electron chi connectivity index (χ0n) is 9.15. The first-order valence-corrected chi connectivity index (χ1v) is 5.51. The lowest BCUT2D eigenvalue weighted by atomic mass is 9.92. The van der Waals surface area contributed by atoms with Crippen molar-refractivity contribution in [3.63, 3.8) is 0 Å². The summed E-state index contributed by atoms with van der Waals surface area (Å²) in [6.45, 7) is 2.35. The van der Waals surface area contributed by atoms with E-state index in [1.54, 1.807) is 6.20 Å². The Morgan fingerprint density at radius 3 is 2.93 bits per heavy atom. The Kier molecular flexibility index (Phi) is 3.38. The monoisotopic (exact) mass is 210 g/mol. The van der Waals surface area contributed by atoms with Crippen molar-refractivity contribution >= 4 is 0 Å².